The maximum Gasteiger partial charge on any atom is 0.490 e. The second-order valence-corrected chi connectivity index (χ2v) is 18.5. The van der Waals surface area contributed by atoms with Gasteiger partial charge in [0, 0.05) is 91.1 Å². The molecule has 342 valence electrons. The predicted octanol–water partition coefficient (Wildman–Crippen LogP) is 3.63. The molecule has 0 radical (unpaired) electrons. The molecule has 2 saturated heterocycles. The molecule has 1 spiro atoms. The lowest BCUT2D eigenvalue weighted by atomic mass is 9.47. The highest BCUT2D eigenvalue weighted by Gasteiger charge is 2.78. The van der Waals surface area contributed by atoms with E-state index in [0.717, 1.165) is 46.5 Å². The van der Waals surface area contributed by atoms with Gasteiger partial charge in [0.2, 0.25) is 0 Å². The average Bonchev–Trinajstić information content (AvgIpc) is 3.93. The van der Waals surface area contributed by atoms with Crippen LogP contribution < -0.4 is 15.0 Å². The predicted molar refractivity (Wildman–Crippen MR) is 227 cm³/mol. The summed E-state index contributed by atoms with van der Waals surface area (Å²) in [7, 11) is 6.46. The van der Waals surface area contributed by atoms with Gasteiger partial charge in [-0.25, -0.2) is 4.79 Å². The number of aliphatic hydroxyl groups excluding tert-OH is 1. The Bertz CT molecular complexity index is 2360. The highest BCUT2D eigenvalue weighted by molar-refractivity contribution is 5.95. The second-order valence-electron chi connectivity index (χ2n) is 18.5. The van der Waals surface area contributed by atoms with Gasteiger partial charge in [-0.2, -0.15) is 13.2 Å². The number of H-pyrrole nitrogens is 1. The van der Waals surface area contributed by atoms with Crippen LogP contribution in [0.4, 0.5) is 18.9 Å². The first-order valence-electron chi connectivity index (χ1n) is 21.7. The molecule has 17 heteroatoms. The van der Waals surface area contributed by atoms with Gasteiger partial charge in [-0.3, -0.25) is 19.4 Å². The van der Waals surface area contributed by atoms with E-state index in [-0.39, 0.29) is 12.0 Å². The van der Waals surface area contributed by atoms with Gasteiger partial charge in [0.05, 0.1) is 25.9 Å². The third kappa shape index (κ3) is 6.27. The van der Waals surface area contributed by atoms with Gasteiger partial charge in [-0.05, 0) is 74.2 Å². The molecule has 2 aromatic carbocycles. The lowest BCUT2D eigenvalue weighted by Crippen LogP contribution is -2.81. The van der Waals surface area contributed by atoms with E-state index in [9.17, 15) is 33.3 Å². The Kier molecular flexibility index (Phi) is 11.0. The normalized spacial score (nSPS) is 35.4. The topological polar surface area (TPSA) is 188 Å². The molecule has 6 heterocycles. The first-order valence-corrected chi connectivity index (χ1v) is 21.7. The van der Waals surface area contributed by atoms with Crippen molar-refractivity contribution in [3.8, 4) is 5.75 Å². The van der Waals surface area contributed by atoms with Crippen molar-refractivity contribution in [3.05, 3.63) is 70.9 Å². The SMILES string of the molecule is CC[C@]1(O)CC2CN(CCc3c([nH]c4ccccc34)[C@@](C(=O)OC)(c3cc4c(cc3OC)N(C)[C@H]3C(O)(C(=O)NC)[C@H](O)[C@]5(CC)C=CCN6CCC43[C@@H]65)C2)C1.O=C(O)C(F)(F)F. The van der Waals surface area contributed by atoms with E-state index in [1.807, 2.05) is 56.1 Å². The number of aromatic nitrogens is 1. The number of alkyl halides is 3. The molecule has 6 N–H and O–H groups in total. The second kappa shape index (κ2) is 15.5. The minimum Gasteiger partial charge on any atom is -0.496 e. The van der Waals surface area contributed by atoms with E-state index in [1.165, 1.54) is 14.2 Å². The number of carbonyl (C=O) groups is 3. The molecule has 9 rings (SSSR count). The van der Waals surface area contributed by atoms with Crippen LogP contribution in [0.2, 0.25) is 0 Å². The van der Waals surface area contributed by atoms with Crippen molar-refractivity contribution in [3.63, 3.8) is 0 Å². The number of methoxy groups -OCH3 is 2. The third-order valence-electron chi connectivity index (χ3n) is 15.7. The molecule has 10 atom stereocenters. The number of anilines is 1. The number of ether oxygens (including phenoxy) is 2. The Hall–Kier alpha value is -4.68. The van der Waals surface area contributed by atoms with Crippen LogP contribution in [-0.4, -0.2) is 150 Å². The van der Waals surface area contributed by atoms with Crippen molar-refractivity contribution in [1.82, 2.24) is 20.1 Å². The Morgan fingerprint density at radius 3 is 2.37 bits per heavy atom. The van der Waals surface area contributed by atoms with Crippen molar-refractivity contribution in [2.24, 2.45) is 11.3 Å². The van der Waals surface area contributed by atoms with Crippen LogP contribution in [-0.2, 0) is 36.4 Å². The Morgan fingerprint density at radius 1 is 1.02 bits per heavy atom. The van der Waals surface area contributed by atoms with Gasteiger partial charge in [0.1, 0.15) is 17.3 Å². The van der Waals surface area contributed by atoms with E-state index in [2.05, 4.69) is 38.3 Å². The van der Waals surface area contributed by atoms with Crippen LogP contribution >= 0.6 is 0 Å². The molecular weight excluding hydrogens is 824 g/mol. The number of benzene rings is 2. The summed E-state index contributed by atoms with van der Waals surface area (Å²) in [6.07, 6.45) is 0.929. The van der Waals surface area contributed by atoms with Crippen molar-refractivity contribution in [2.45, 2.75) is 98.8 Å². The summed E-state index contributed by atoms with van der Waals surface area (Å²) in [5.41, 5.74) is -1.12. The van der Waals surface area contributed by atoms with Gasteiger partial charge in [-0.1, -0.05) is 44.2 Å². The summed E-state index contributed by atoms with van der Waals surface area (Å²) < 4.78 is 44.0. The summed E-state index contributed by atoms with van der Waals surface area (Å²) in [5, 5.41) is 48.3. The Balaban J connectivity index is 0.000000719. The number of aromatic amines is 1. The van der Waals surface area contributed by atoms with Crippen LogP contribution in [0.5, 0.6) is 5.75 Å². The zero-order valence-corrected chi connectivity index (χ0v) is 36.5. The number of rotatable bonds is 6. The molecule has 4 unspecified atom stereocenters. The number of carboxylic acid groups (broad SMARTS) is 1. The number of esters is 1. The molecule has 3 fully saturated rings. The number of hydrogen-bond acceptors (Lipinski definition) is 11. The minimum atomic E-state index is -5.08. The van der Waals surface area contributed by atoms with Crippen molar-refractivity contribution in [1.29, 1.82) is 0 Å². The van der Waals surface area contributed by atoms with Crippen molar-refractivity contribution >= 4 is 34.4 Å². The molecule has 63 heavy (non-hydrogen) atoms. The number of nitrogens with one attached hydrogen (secondary N) is 2. The number of nitrogens with zero attached hydrogens (tertiary/aromatic N) is 3. The summed E-state index contributed by atoms with van der Waals surface area (Å²) in [5.74, 6) is -3.38. The molecule has 5 aliphatic heterocycles. The lowest BCUT2D eigenvalue weighted by molar-refractivity contribution is -0.203. The van der Waals surface area contributed by atoms with Gasteiger partial charge in [0.25, 0.3) is 5.91 Å². The fourth-order valence-electron chi connectivity index (χ4n) is 13.2. The van der Waals surface area contributed by atoms with Crippen molar-refractivity contribution < 1.29 is 57.5 Å². The number of hydrogen-bond donors (Lipinski definition) is 6. The Morgan fingerprint density at radius 2 is 1.73 bits per heavy atom. The van der Waals surface area contributed by atoms with Crippen LogP contribution in [0.3, 0.4) is 0 Å². The molecule has 1 saturated carbocycles. The van der Waals surface area contributed by atoms with E-state index in [1.54, 1.807) is 7.11 Å². The zero-order chi connectivity index (χ0) is 45.7. The molecule has 2 bridgehead atoms. The number of likely N-dealkylation sites (N-methyl/N-ethyl adjacent to an activating group) is 2. The number of aliphatic hydroxyl groups is 3. The zero-order valence-electron chi connectivity index (χ0n) is 36.5. The van der Waals surface area contributed by atoms with Gasteiger partial charge in [-0.15, -0.1) is 0 Å². The molecular formula is C46H58F3N5O9. The van der Waals surface area contributed by atoms with Crippen LogP contribution in [0.1, 0.15) is 68.3 Å². The first kappa shape index (κ1) is 44.9. The van der Waals surface area contributed by atoms with Crippen LogP contribution in [0.25, 0.3) is 10.9 Å². The van der Waals surface area contributed by atoms with Crippen LogP contribution in [0, 0.1) is 11.3 Å². The summed E-state index contributed by atoms with van der Waals surface area (Å²) in [4.78, 5) is 48.8. The number of aliphatic carboxylic acids is 1. The van der Waals surface area contributed by atoms with Crippen molar-refractivity contribution in [2.75, 3.05) is 65.9 Å². The van der Waals surface area contributed by atoms with Gasteiger partial charge >= 0.3 is 18.1 Å². The minimum absolute atomic E-state index is 0.0712. The highest BCUT2D eigenvalue weighted by atomic mass is 19.4. The fourth-order valence-corrected chi connectivity index (χ4v) is 13.2. The van der Waals surface area contributed by atoms with E-state index in [0.29, 0.717) is 69.5 Å². The average molecular weight is 882 g/mol. The third-order valence-corrected chi connectivity index (χ3v) is 15.7. The molecule has 3 aromatic rings. The number of carboxylic acids is 1. The Labute approximate surface area is 364 Å². The number of fused-ring (bicyclic) bond motifs is 6. The van der Waals surface area contributed by atoms with Gasteiger partial charge in [0.15, 0.2) is 5.60 Å². The van der Waals surface area contributed by atoms with Crippen LogP contribution in [0.15, 0.2) is 48.6 Å². The van der Waals surface area contributed by atoms with E-state index < -0.39 is 63.6 Å². The highest BCUT2D eigenvalue weighted by Crippen LogP contribution is 2.67. The number of para-hydroxylation sites is 1. The van der Waals surface area contributed by atoms with E-state index in [4.69, 9.17) is 19.4 Å². The molecule has 1 amide bonds. The summed E-state index contributed by atoms with van der Waals surface area (Å²) >= 11 is 0. The smallest absolute Gasteiger partial charge is 0.490 e. The standard InChI is InChI=1S/C44H57N5O7.C2HF3O2/c1-7-40(53)22-26-23-43(39(52)56-6,34-28(14-18-48(24-26)25-40)27-12-9-10-13-31(27)46-34)30-20-29-32(21-33(30)55-5)47(4)36-42(29)16-19-49-17-11-15-41(8-2,35(42)49)37(50)44(36,54)38(51)45-3;3-2(4,5)1(6)7/h9-13,15,20-21,26,35-37,46,50,53-54H,7-8,14,16-19,22-25H2,1-6H3,(H,45,51);(H,6,7)/t26?,35-,36+,37+,40-,41+,42?,43-,44?;/m0./s1. The molecule has 1 aromatic heterocycles. The lowest BCUT2D eigenvalue weighted by Gasteiger charge is -2.63. The molecule has 14 nitrogen and oxygen atoms in total. The quantitative estimate of drug-likeness (QED) is 0.156. The largest absolute Gasteiger partial charge is 0.496 e. The monoisotopic (exact) mass is 881 g/mol. The molecule has 1 aliphatic carbocycles. The van der Waals surface area contributed by atoms with Gasteiger partial charge < -0.3 is 45.1 Å². The maximum absolute atomic E-state index is 15.2. The number of halogens is 3. The molecule has 6 aliphatic rings. The fraction of sp³-hybridized carbons (Fsp3) is 0.587. The summed E-state index contributed by atoms with van der Waals surface area (Å²) in [6.45, 7) is 7.49. The summed E-state index contributed by atoms with van der Waals surface area (Å²) in [6, 6.07) is 11.2. The number of amides is 1. The maximum atomic E-state index is 15.2. The first-order chi connectivity index (χ1) is 29.8. The number of carbonyl (C=O) groups excluding carboxylic acids is 2. The number of piperidine rings is 1. The van der Waals surface area contributed by atoms with E-state index >= 15 is 4.79 Å².